The van der Waals surface area contributed by atoms with Crippen LogP contribution in [0.3, 0.4) is 0 Å². The molecule has 21 heavy (non-hydrogen) atoms. The standard InChI is InChI=1S/C18H21NO2/c1-3-17(18(20)21)19(2)13-15-11-7-8-12-16(15)14-9-5-4-6-10-14/h4-12,17H,3,13H2,1-2H3,(H,20,21). The third-order valence-corrected chi connectivity index (χ3v) is 3.73. The van der Waals surface area contributed by atoms with E-state index in [4.69, 9.17) is 0 Å². The van der Waals surface area contributed by atoms with Crippen molar-refractivity contribution in [2.24, 2.45) is 0 Å². The number of carbonyl (C=O) groups is 1. The highest BCUT2D eigenvalue weighted by Gasteiger charge is 2.21. The second-order valence-electron chi connectivity index (χ2n) is 5.20. The number of likely N-dealkylation sites (N-methyl/N-ethyl adjacent to an activating group) is 1. The van der Waals surface area contributed by atoms with Crippen LogP contribution in [0, 0.1) is 0 Å². The lowest BCUT2D eigenvalue weighted by atomic mass is 9.99. The summed E-state index contributed by atoms with van der Waals surface area (Å²) in [7, 11) is 1.87. The number of aliphatic carboxylic acids is 1. The van der Waals surface area contributed by atoms with Crippen molar-refractivity contribution in [2.75, 3.05) is 7.05 Å². The molecule has 0 spiro atoms. The Bertz CT molecular complexity index is 595. The van der Waals surface area contributed by atoms with Crippen LogP contribution in [-0.2, 0) is 11.3 Å². The van der Waals surface area contributed by atoms with E-state index in [1.807, 2.05) is 49.2 Å². The second-order valence-corrected chi connectivity index (χ2v) is 5.20. The smallest absolute Gasteiger partial charge is 0.320 e. The van der Waals surface area contributed by atoms with Crippen molar-refractivity contribution < 1.29 is 9.90 Å². The second kappa shape index (κ2) is 7.04. The van der Waals surface area contributed by atoms with Gasteiger partial charge in [-0.05, 0) is 30.2 Å². The molecule has 110 valence electrons. The van der Waals surface area contributed by atoms with Gasteiger partial charge in [0.05, 0.1) is 0 Å². The van der Waals surface area contributed by atoms with Gasteiger partial charge in [-0.2, -0.15) is 0 Å². The molecule has 1 unspecified atom stereocenters. The number of nitrogens with zero attached hydrogens (tertiary/aromatic N) is 1. The van der Waals surface area contributed by atoms with Crippen LogP contribution in [-0.4, -0.2) is 29.1 Å². The summed E-state index contributed by atoms with van der Waals surface area (Å²) in [6.07, 6.45) is 0.597. The molecule has 2 aromatic rings. The topological polar surface area (TPSA) is 40.5 Å². The molecule has 3 heteroatoms. The van der Waals surface area contributed by atoms with Crippen molar-refractivity contribution in [3.05, 3.63) is 60.2 Å². The average Bonchev–Trinajstić information content (AvgIpc) is 2.49. The Morgan fingerprint density at radius 3 is 2.33 bits per heavy atom. The minimum Gasteiger partial charge on any atom is -0.480 e. The van der Waals surface area contributed by atoms with Crippen molar-refractivity contribution in [3.63, 3.8) is 0 Å². The molecule has 0 saturated carbocycles. The van der Waals surface area contributed by atoms with Gasteiger partial charge in [0.1, 0.15) is 6.04 Å². The highest BCUT2D eigenvalue weighted by molar-refractivity contribution is 5.73. The maximum Gasteiger partial charge on any atom is 0.320 e. The van der Waals surface area contributed by atoms with E-state index >= 15 is 0 Å². The lowest BCUT2D eigenvalue weighted by Gasteiger charge is -2.24. The van der Waals surface area contributed by atoms with Crippen molar-refractivity contribution in [2.45, 2.75) is 25.9 Å². The first-order chi connectivity index (χ1) is 10.1. The fraction of sp³-hybridized carbons (Fsp3) is 0.278. The Balaban J connectivity index is 2.27. The van der Waals surface area contributed by atoms with Crippen LogP contribution < -0.4 is 0 Å². The molecule has 3 nitrogen and oxygen atoms in total. The van der Waals surface area contributed by atoms with E-state index < -0.39 is 12.0 Å². The largest absolute Gasteiger partial charge is 0.480 e. The molecule has 2 rings (SSSR count). The molecule has 0 radical (unpaired) electrons. The van der Waals surface area contributed by atoms with Gasteiger partial charge < -0.3 is 5.11 Å². The molecule has 0 aliphatic carbocycles. The first-order valence-corrected chi connectivity index (χ1v) is 7.19. The zero-order chi connectivity index (χ0) is 15.2. The van der Waals surface area contributed by atoms with Gasteiger partial charge in [-0.1, -0.05) is 61.5 Å². The summed E-state index contributed by atoms with van der Waals surface area (Å²) in [5.41, 5.74) is 3.46. The molecule has 0 saturated heterocycles. The minimum atomic E-state index is -0.766. The molecule has 0 aliphatic heterocycles. The molecule has 2 aromatic carbocycles. The SMILES string of the molecule is CCC(C(=O)O)N(C)Cc1ccccc1-c1ccccc1. The Labute approximate surface area is 125 Å². The lowest BCUT2D eigenvalue weighted by Crippen LogP contribution is -2.37. The minimum absolute atomic E-state index is 0.450. The van der Waals surface area contributed by atoms with Crippen LogP contribution in [0.5, 0.6) is 0 Å². The summed E-state index contributed by atoms with van der Waals surface area (Å²) < 4.78 is 0. The number of carboxylic acid groups (broad SMARTS) is 1. The molecule has 0 fully saturated rings. The average molecular weight is 283 g/mol. The van der Waals surface area contributed by atoms with E-state index in [2.05, 4.69) is 24.3 Å². The Hall–Kier alpha value is -2.13. The third-order valence-electron chi connectivity index (χ3n) is 3.73. The van der Waals surface area contributed by atoms with Gasteiger partial charge in [0.15, 0.2) is 0 Å². The van der Waals surface area contributed by atoms with Crippen molar-refractivity contribution in [3.8, 4) is 11.1 Å². The molecular formula is C18H21NO2. The number of hydrogen-bond donors (Lipinski definition) is 1. The Morgan fingerprint density at radius 1 is 1.10 bits per heavy atom. The Kier molecular flexibility index (Phi) is 5.12. The molecule has 0 aromatic heterocycles. The van der Waals surface area contributed by atoms with Crippen LogP contribution in [0.15, 0.2) is 54.6 Å². The number of rotatable bonds is 6. The van der Waals surface area contributed by atoms with Gasteiger partial charge in [0.25, 0.3) is 0 Å². The summed E-state index contributed by atoms with van der Waals surface area (Å²) in [4.78, 5) is 13.2. The van der Waals surface area contributed by atoms with E-state index in [9.17, 15) is 9.90 Å². The maximum absolute atomic E-state index is 11.3. The summed E-state index contributed by atoms with van der Waals surface area (Å²) in [5, 5.41) is 9.27. The molecule has 0 aliphatic rings. The van der Waals surface area contributed by atoms with Crippen LogP contribution in [0.4, 0.5) is 0 Å². The summed E-state index contributed by atoms with van der Waals surface area (Å²) in [6.45, 7) is 2.52. The molecule has 1 N–H and O–H groups in total. The van der Waals surface area contributed by atoms with Gasteiger partial charge in [-0.3, -0.25) is 9.69 Å². The number of benzene rings is 2. The predicted octanol–water partition coefficient (Wildman–Crippen LogP) is 3.65. The molecular weight excluding hydrogens is 262 g/mol. The van der Waals surface area contributed by atoms with Crippen LogP contribution in [0.1, 0.15) is 18.9 Å². The predicted molar refractivity (Wildman–Crippen MR) is 85.1 cm³/mol. The molecule has 0 bridgehead atoms. The number of hydrogen-bond acceptors (Lipinski definition) is 2. The highest BCUT2D eigenvalue weighted by Crippen LogP contribution is 2.24. The monoisotopic (exact) mass is 283 g/mol. The zero-order valence-electron chi connectivity index (χ0n) is 12.5. The Morgan fingerprint density at radius 2 is 1.71 bits per heavy atom. The first-order valence-electron chi connectivity index (χ1n) is 7.19. The van der Waals surface area contributed by atoms with E-state index in [0.29, 0.717) is 13.0 Å². The van der Waals surface area contributed by atoms with E-state index in [-0.39, 0.29) is 0 Å². The molecule has 0 amide bonds. The summed E-state index contributed by atoms with van der Waals surface area (Å²) in [6, 6.07) is 17.9. The van der Waals surface area contributed by atoms with E-state index in [0.717, 1.165) is 16.7 Å². The van der Waals surface area contributed by atoms with Crippen LogP contribution in [0.25, 0.3) is 11.1 Å². The fourth-order valence-electron chi connectivity index (χ4n) is 2.61. The maximum atomic E-state index is 11.3. The first kappa shape index (κ1) is 15.3. The van der Waals surface area contributed by atoms with Gasteiger partial charge in [-0.25, -0.2) is 0 Å². The van der Waals surface area contributed by atoms with Crippen LogP contribution in [0.2, 0.25) is 0 Å². The number of carboxylic acids is 1. The van der Waals surface area contributed by atoms with Crippen LogP contribution >= 0.6 is 0 Å². The van der Waals surface area contributed by atoms with Gasteiger partial charge >= 0.3 is 5.97 Å². The highest BCUT2D eigenvalue weighted by atomic mass is 16.4. The lowest BCUT2D eigenvalue weighted by molar-refractivity contribution is -0.143. The molecule has 0 heterocycles. The van der Waals surface area contributed by atoms with E-state index in [1.165, 1.54) is 0 Å². The zero-order valence-corrected chi connectivity index (χ0v) is 12.5. The van der Waals surface area contributed by atoms with Crippen molar-refractivity contribution in [1.82, 2.24) is 4.90 Å². The van der Waals surface area contributed by atoms with Gasteiger partial charge in [0, 0.05) is 6.54 Å². The van der Waals surface area contributed by atoms with Crippen molar-refractivity contribution in [1.29, 1.82) is 0 Å². The van der Waals surface area contributed by atoms with E-state index in [1.54, 1.807) is 0 Å². The molecule has 1 atom stereocenters. The van der Waals surface area contributed by atoms with Gasteiger partial charge in [-0.15, -0.1) is 0 Å². The fourth-order valence-corrected chi connectivity index (χ4v) is 2.61. The normalized spacial score (nSPS) is 12.3. The third kappa shape index (κ3) is 3.70. The summed E-state index contributed by atoms with van der Waals surface area (Å²) in [5.74, 6) is -0.766. The van der Waals surface area contributed by atoms with Crippen molar-refractivity contribution >= 4 is 5.97 Å². The quantitative estimate of drug-likeness (QED) is 0.879. The summed E-state index contributed by atoms with van der Waals surface area (Å²) >= 11 is 0. The van der Waals surface area contributed by atoms with Gasteiger partial charge in [0.2, 0.25) is 0 Å².